The first-order chi connectivity index (χ1) is 6.74. The Labute approximate surface area is 82.7 Å². The molecule has 1 saturated heterocycles. The number of aromatic nitrogens is 3. The van der Waals surface area contributed by atoms with Crippen molar-refractivity contribution >= 4 is 5.95 Å². The van der Waals surface area contributed by atoms with Crippen LogP contribution < -0.4 is 5.73 Å². The molecule has 1 atom stereocenters. The zero-order chi connectivity index (χ0) is 9.97. The van der Waals surface area contributed by atoms with Gasteiger partial charge >= 0.3 is 0 Å². The fourth-order valence-corrected chi connectivity index (χ4v) is 1.58. The smallest absolute Gasteiger partial charge is 0.239 e. The van der Waals surface area contributed by atoms with Crippen molar-refractivity contribution in [2.75, 3.05) is 32.5 Å². The first-order valence-electron chi connectivity index (χ1n) is 4.69. The Morgan fingerprint density at radius 3 is 3.21 bits per heavy atom. The molecule has 2 rings (SSSR count). The van der Waals surface area contributed by atoms with Crippen LogP contribution in [0, 0.1) is 0 Å². The molecule has 0 radical (unpaired) electrons. The van der Waals surface area contributed by atoms with Crippen LogP contribution in [0.25, 0.3) is 0 Å². The number of nitrogen functional groups attached to an aromatic ring is 1. The van der Waals surface area contributed by atoms with Crippen molar-refractivity contribution in [2.24, 2.45) is 0 Å². The van der Waals surface area contributed by atoms with Crippen LogP contribution >= 0.6 is 0 Å². The summed E-state index contributed by atoms with van der Waals surface area (Å²) in [4.78, 5) is 6.11. The number of nitrogens with two attached hydrogens (primary N) is 1. The van der Waals surface area contributed by atoms with E-state index >= 15 is 0 Å². The molecule has 1 fully saturated rings. The molecule has 0 amide bonds. The highest BCUT2D eigenvalue weighted by atomic mass is 16.5. The maximum atomic E-state index is 5.59. The second kappa shape index (κ2) is 3.93. The fourth-order valence-electron chi connectivity index (χ4n) is 1.58. The monoisotopic (exact) mass is 197 g/mol. The molecule has 0 aliphatic carbocycles. The van der Waals surface area contributed by atoms with Gasteiger partial charge in [-0.25, -0.2) is 9.67 Å². The lowest BCUT2D eigenvalue weighted by atomic mass is 10.3. The average molecular weight is 197 g/mol. The lowest BCUT2D eigenvalue weighted by Crippen LogP contribution is -2.42. The van der Waals surface area contributed by atoms with E-state index in [4.69, 9.17) is 10.5 Å². The molecule has 0 spiro atoms. The molecule has 1 aromatic heterocycles. The number of likely N-dealkylation sites (N-methyl/N-ethyl adjacent to an activating group) is 1. The molecule has 14 heavy (non-hydrogen) atoms. The minimum atomic E-state index is 0.190. The SMILES string of the molecule is CN1CCOC(Cn2cnc(N)n2)C1. The van der Waals surface area contributed by atoms with E-state index in [1.165, 1.54) is 0 Å². The number of morpholine rings is 1. The topological polar surface area (TPSA) is 69.2 Å². The van der Waals surface area contributed by atoms with E-state index in [2.05, 4.69) is 22.0 Å². The van der Waals surface area contributed by atoms with Crippen LogP contribution in [0.2, 0.25) is 0 Å². The van der Waals surface area contributed by atoms with Crippen LogP contribution in [0.4, 0.5) is 5.95 Å². The molecule has 2 N–H and O–H groups in total. The standard InChI is InChI=1S/C8H15N5O/c1-12-2-3-14-7(4-12)5-13-6-10-8(9)11-13/h6-7H,2-5H2,1H3,(H2,9,11). The molecule has 0 aromatic carbocycles. The van der Waals surface area contributed by atoms with Gasteiger partial charge in [0.05, 0.1) is 19.3 Å². The van der Waals surface area contributed by atoms with Gasteiger partial charge in [0, 0.05) is 13.1 Å². The summed E-state index contributed by atoms with van der Waals surface area (Å²) in [7, 11) is 2.09. The Balaban J connectivity index is 1.90. The molecule has 1 aliphatic heterocycles. The summed E-state index contributed by atoms with van der Waals surface area (Å²) in [6, 6.07) is 0. The van der Waals surface area contributed by atoms with E-state index in [1.54, 1.807) is 11.0 Å². The van der Waals surface area contributed by atoms with Gasteiger partial charge in [0.1, 0.15) is 6.33 Å². The van der Waals surface area contributed by atoms with E-state index in [-0.39, 0.29) is 6.10 Å². The number of rotatable bonds is 2. The highest BCUT2D eigenvalue weighted by Gasteiger charge is 2.18. The molecule has 2 heterocycles. The van der Waals surface area contributed by atoms with Crippen LogP contribution in [0.3, 0.4) is 0 Å². The van der Waals surface area contributed by atoms with Crippen LogP contribution in [0.1, 0.15) is 0 Å². The number of anilines is 1. The first-order valence-corrected chi connectivity index (χ1v) is 4.69. The third-order valence-corrected chi connectivity index (χ3v) is 2.29. The van der Waals surface area contributed by atoms with Gasteiger partial charge in [-0.3, -0.25) is 0 Å². The second-order valence-corrected chi connectivity index (χ2v) is 3.58. The summed E-state index contributed by atoms with van der Waals surface area (Å²) in [6.07, 6.45) is 1.82. The van der Waals surface area contributed by atoms with Gasteiger partial charge in [-0.15, -0.1) is 5.10 Å². The van der Waals surface area contributed by atoms with Crippen molar-refractivity contribution in [3.05, 3.63) is 6.33 Å². The summed E-state index contributed by atoms with van der Waals surface area (Å²) in [5, 5.41) is 4.01. The van der Waals surface area contributed by atoms with Crippen LogP contribution in [0.15, 0.2) is 6.33 Å². The summed E-state index contributed by atoms with van der Waals surface area (Å²) in [6.45, 7) is 3.43. The van der Waals surface area contributed by atoms with Crippen LogP contribution in [-0.4, -0.2) is 52.5 Å². The maximum absolute atomic E-state index is 5.59. The fraction of sp³-hybridized carbons (Fsp3) is 0.750. The van der Waals surface area contributed by atoms with E-state index in [9.17, 15) is 0 Å². The molecule has 6 heteroatoms. The Kier molecular flexibility index (Phi) is 2.64. The number of nitrogens with zero attached hydrogens (tertiary/aromatic N) is 4. The summed E-state index contributed by atoms with van der Waals surface area (Å²) in [5.74, 6) is 0.314. The highest BCUT2D eigenvalue weighted by molar-refractivity contribution is 5.09. The Hall–Kier alpha value is -1.14. The molecule has 6 nitrogen and oxygen atoms in total. The van der Waals surface area contributed by atoms with Crippen LogP contribution in [-0.2, 0) is 11.3 Å². The molecular weight excluding hydrogens is 182 g/mol. The van der Waals surface area contributed by atoms with Gasteiger partial charge in [0.15, 0.2) is 0 Å². The van der Waals surface area contributed by atoms with E-state index in [0.29, 0.717) is 12.5 Å². The lowest BCUT2D eigenvalue weighted by Gasteiger charge is -2.29. The van der Waals surface area contributed by atoms with Crippen molar-refractivity contribution in [1.29, 1.82) is 0 Å². The van der Waals surface area contributed by atoms with Crippen molar-refractivity contribution in [3.8, 4) is 0 Å². The van der Waals surface area contributed by atoms with Gasteiger partial charge in [0.25, 0.3) is 0 Å². The van der Waals surface area contributed by atoms with Gasteiger partial charge in [-0.1, -0.05) is 0 Å². The zero-order valence-corrected chi connectivity index (χ0v) is 8.26. The Morgan fingerprint density at radius 1 is 1.71 bits per heavy atom. The van der Waals surface area contributed by atoms with Gasteiger partial charge in [0.2, 0.25) is 5.95 Å². The third-order valence-electron chi connectivity index (χ3n) is 2.29. The summed E-state index contributed by atoms with van der Waals surface area (Å²) in [5.41, 5.74) is 5.42. The molecule has 1 aliphatic rings. The Morgan fingerprint density at radius 2 is 2.57 bits per heavy atom. The molecule has 0 bridgehead atoms. The van der Waals surface area contributed by atoms with E-state index < -0.39 is 0 Å². The van der Waals surface area contributed by atoms with E-state index in [1.807, 2.05) is 0 Å². The third kappa shape index (κ3) is 2.21. The van der Waals surface area contributed by atoms with Crippen LogP contribution in [0.5, 0.6) is 0 Å². The largest absolute Gasteiger partial charge is 0.374 e. The van der Waals surface area contributed by atoms with Crippen molar-refractivity contribution < 1.29 is 4.74 Å². The molecule has 1 aromatic rings. The summed E-state index contributed by atoms with van der Waals surface area (Å²) >= 11 is 0. The summed E-state index contributed by atoms with van der Waals surface area (Å²) < 4.78 is 7.31. The minimum absolute atomic E-state index is 0.190. The number of ether oxygens (including phenoxy) is 1. The molecule has 0 saturated carbocycles. The maximum Gasteiger partial charge on any atom is 0.239 e. The molecular formula is C8H15N5O. The van der Waals surface area contributed by atoms with Gasteiger partial charge in [-0.2, -0.15) is 0 Å². The zero-order valence-electron chi connectivity index (χ0n) is 8.26. The molecule has 78 valence electrons. The first kappa shape index (κ1) is 9.42. The predicted octanol–water partition coefficient (Wildman–Crippen LogP) is -0.809. The van der Waals surface area contributed by atoms with Crippen molar-refractivity contribution in [2.45, 2.75) is 12.6 Å². The number of hydrogen-bond donors (Lipinski definition) is 1. The van der Waals surface area contributed by atoms with Gasteiger partial charge in [-0.05, 0) is 7.05 Å². The molecule has 1 unspecified atom stereocenters. The van der Waals surface area contributed by atoms with Crippen molar-refractivity contribution in [1.82, 2.24) is 19.7 Å². The Bertz CT molecular complexity index is 300. The number of hydrogen-bond acceptors (Lipinski definition) is 5. The quantitative estimate of drug-likeness (QED) is 0.671. The second-order valence-electron chi connectivity index (χ2n) is 3.58. The van der Waals surface area contributed by atoms with E-state index in [0.717, 1.165) is 19.7 Å². The normalized spacial score (nSPS) is 23.9. The minimum Gasteiger partial charge on any atom is -0.374 e. The predicted molar refractivity (Wildman–Crippen MR) is 51.7 cm³/mol. The van der Waals surface area contributed by atoms with Gasteiger partial charge < -0.3 is 15.4 Å². The highest BCUT2D eigenvalue weighted by Crippen LogP contribution is 2.05. The van der Waals surface area contributed by atoms with Crippen molar-refractivity contribution in [3.63, 3.8) is 0 Å². The average Bonchev–Trinajstić information content (AvgIpc) is 2.51. The lowest BCUT2D eigenvalue weighted by molar-refractivity contribution is -0.0290.